The van der Waals surface area contributed by atoms with Gasteiger partial charge in [0.05, 0.1) is 0 Å². The van der Waals surface area contributed by atoms with Gasteiger partial charge in [0, 0.05) is 11.6 Å². The van der Waals surface area contributed by atoms with Crippen molar-refractivity contribution in [3.05, 3.63) is 29.8 Å². The van der Waals surface area contributed by atoms with E-state index in [1.807, 2.05) is 0 Å². The van der Waals surface area contributed by atoms with Gasteiger partial charge < -0.3 is 10.1 Å². The molecule has 0 radical (unpaired) electrons. The number of hydrogen-bond donors (Lipinski definition) is 1. The lowest BCUT2D eigenvalue weighted by Gasteiger charge is -2.28. The molecule has 0 heterocycles. The Morgan fingerprint density at radius 2 is 1.95 bits per heavy atom. The highest BCUT2D eigenvalue weighted by Gasteiger charge is 2.42. The van der Waals surface area contributed by atoms with Crippen LogP contribution in [0.15, 0.2) is 24.3 Å². The minimum atomic E-state index is -2.85. The number of benzene rings is 1. The van der Waals surface area contributed by atoms with Gasteiger partial charge in [-0.05, 0) is 68.2 Å². The highest BCUT2D eigenvalue weighted by Crippen LogP contribution is 2.49. The quantitative estimate of drug-likeness (QED) is 0.897. The SMILES string of the molecule is CC(NC(=O)c1ccc(OC(F)F)cc1)C1CC2CCC1C2. The maximum atomic E-state index is 12.3. The second-order valence-corrected chi connectivity index (χ2v) is 6.50. The Balaban J connectivity index is 1.57. The molecule has 3 rings (SSSR count). The summed E-state index contributed by atoms with van der Waals surface area (Å²) in [5, 5.41) is 3.06. The predicted octanol–water partition coefficient (Wildman–Crippen LogP) is 3.84. The van der Waals surface area contributed by atoms with Gasteiger partial charge in [-0.15, -0.1) is 0 Å². The highest BCUT2D eigenvalue weighted by atomic mass is 19.3. The van der Waals surface area contributed by atoms with E-state index in [1.54, 1.807) is 0 Å². The van der Waals surface area contributed by atoms with E-state index in [4.69, 9.17) is 0 Å². The van der Waals surface area contributed by atoms with Crippen molar-refractivity contribution in [2.75, 3.05) is 0 Å². The zero-order valence-electron chi connectivity index (χ0n) is 12.6. The molecule has 2 aliphatic carbocycles. The zero-order valence-corrected chi connectivity index (χ0v) is 12.6. The van der Waals surface area contributed by atoms with E-state index in [0.717, 1.165) is 11.8 Å². The minimum absolute atomic E-state index is 0.0627. The van der Waals surface area contributed by atoms with E-state index in [2.05, 4.69) is 17.0 Å². The van der Waals surface area contributed by atoms with Crippen molar-refractivity contribution in [3.63, 3.8) is 0 Å². The lowest BCUT2D eigenvalue weighted by atomic mass is 9.84. The summed E-state index contributed by atoms with van der Waals surface area (Å²) in [5.41, 5.74) is 0.469. The molecule has 2 fully saturated rings. The molecule has 0 aliphatic heterocycles. The molecule has 4 unspecified atom stereocenters. The number of ether oxygens (including phenoxy) is 1. The van der Waals surface area contributed by atoms with Crippen molar-refractivity contribution in [1.82, 2.24) is 5.32 Å². The van der Waals surface area contributed by atoms with Crippen LogP contribution in [0.3, 0.4) is 0 Å². The van der Waals surface area contributed by atoms with Crippen LogP contribution in [-0.4, -0.2) is 18.6 Å². The molecule has 2 bridgehead atoms. The minimum Gasteiger partial charge on any atom is -0.435 e. The van der Waals surface area contributed by atoms with Gasteiger partial charge in [0.15, 0.2) is 0 Å². The molecular weight excluding hydrogens is 288 g/mol. The predicted molar refractivity (Wildman–Crippen MR) is 78.9 cm³/mol. The van der Waals surface area contributed by atoms with Crippen LogP contribution in [-0.2, 0) is 0 Å². The summed E-state index contributed by atoms with van der Waals surface area (Å²) in [6.45, 7) is -0.783. The van der Waals surface area contributed by atoms with Crippen LogP contribution in [0.4, 0.5) is 8.78 Å². The van der Waals surface area contributed by atoms with Gasteiger partial charge in [-0.25, -0.2) is 0 Å². The van der Waals surface area contributed by atoms with Gasteiger partial charge >= 0.3 is 6.61 Å². The average Bonchev–Trinajstić information content (AvgIpc) is 3.10. The zero-order chi connectivity index (χ0) is 15.7. The molecule has 22 heavy (non-hydrogen) atoms. The number of fused-ring (bicyclic) bond motifs is 2. The van der Waals surface area contributed by atoms with Crippen molar-refractivity contribution in [2.24, 2.45) is 17.8 Å². The van der Waals surface area contributed by atoms with Crippen LogP contribution in [0.1, 0.15) is 43.0 Å². The molecule has 5 heteroatoms. The third kappa shape index (κ3) is 3.23. The number of carbonyl (C=O) groups excluding carboxylic acids is 1. The summed E-state index contributed by atoms with van der Waals surface area (Å²) < 4.78 is 28.5. The topological polar surface area (TPSA) is 38.3 Å². The fraction of sp³-hybridized carbons (Fsp3) is 0.588. The molecule has 1 aromatic rings. The normalized spacial score (nSPS) is 27.9. The van der Waals surface area contributed by atoms with Gasteiger partial charge in [0.25, 0.3) is 5.91 Å². The van der Waals surface area contributed by atoms with Crippen LogP contribution in [0.5, 0.6) is 5.75 Å². The molecule has 0 saturated heterocycles. The molecule has 0 aromatic heterocycles. The lowest BCUT2D eigenvalue weighted by Crippen LogP contribution is -2.40. The molecular formula is C17H21F2NO2. The largest absolute Gasteiger partial charge is 0.435 e. The van der Waals surface area contributed by atoms with Crippen LogP contribution < -0.4 is 10.1 Å². The summed E-state index contributed by atoms with van der Waals surface area (Å²) in [6, 6.07) is 5.97. The summed E-state index contributed by atoms with van der Waals surface area (Å²) >= 11 is 0. The number of amides is 1. The Labute approximate surface area is 129 Å². The molecule has 3 nitrogen and oxygen atoms in total. The van der Waals surface area contributed by atoms with E-state index in [1.165, 1.54) is 49.9 Å². The molecule has 1 N–H and O–H groups in total. The van der Waals surface area contributed by atoms with Crippen LogP contribution in [0.2, 0.25) is 0 Å². The fourth-order valence-corrected chi connectivity index (χ4v) is 4.09. The molecule has 4 atom stereocenters. The summed E-state index contributed by atoms with van der Waals surface area (Å²) in [6.07, 6.45) is 5.15. The van der Waals surface area contributed by atoms with Gasteiger partial charge in [-0.2, -0.15) is 8.78 Å². The second kappa shape index (κ2) is 6.23. The molecule has 0 spiro atoms. The van der Waals surface area contributed by atoms with Gasteiger partial charge in [-0.3, -0.25) is 4.79 Å². The first-order chi connectivity index (χ1) is 10.5. The highest BCUT2D eigenvalue weighted by molar-refractivity contribution is 5.94. The third-order valence-corrected chi connectivity index (χ3v) is 5.14. The van der Waals surface area contributed by atoms with Gasteiger partial charge in [0.2, 0.25) is 0 Å². The van der Waals surface area contributed by atoms with Crippen molar-refractivity contribution in [3.8, 4) is 5.75 Å². The number of hydrogen-bond acceptors (Lipinski definition) is 2. The van der Waals surface area contributed by atoms with Crippen LogP contribution >= 0.6 is 0 Å². The number of nitrogens with one attached hydrogen (secondary N) is 1. The Morgan fingerprint density at radius 1 is 1.23 bits per heavy atom. The second-order valence-electron chi connectivity index (χ2n) is 6.50. The Bertz CT molecular complexity index is 532. The Hall–Kier alpha value is -1.65. The van der Waals surface area contributed by atoms with Crippen molar-refractivity contribution in [1.29, 1.82) is 0 Å². The third-order valence-electron chi connectivity index (χ3n) is 5.14. The van der Waals surface area contributed by atoms with E-state index in [-0.39, 0.29) is 17.7 Å². The smallest absolute Gasteiger partial charge is 0.387 e. The Kier molecular flexibility index (Phi) is 4.32. The molecule has 2 saturated carbocycles. The number of alkyl halides is 2. The van der Waals surface area contributed by atoms with E-state index in [9.17, 15) is 13.6 Å². The van der Waals surface area contributed by atoms with Crippen LogP contribution in [0.25, 0.3) is 0 Å². The van der Waals surface area contributed by atoms with Gasteiger partial charge in [0.1, 0.15) is 5.75 Å². The summed E-state index contributed by atoms with van der Waals surface area (Å²) in [7, 11) is 0. The number of carbonyl (C=O) groups is 1. The van der Waals surface area contributed by atoms with E-state index >= 15 is 0 Å². The molecule has 1 amide bonds. The molecule has 2 aliphatic rings. The molecule has 1 aromatic carbocycles. The van der Waals surface area contributed by atoms with E-state index in [0.29, 0.717) is 11.5 Å². The maximum Gasteiger partial charge on any atom is 0.387 e. The number of halogens is 2. The molecule has 120 valence electrons. The summed E-state index contributed by atoms with van der Waals surface area (Å²) in [4.78, 5) is 12.3. The van der Waals surface area contributed by atoms with Crippen molar-refractivity contribution < 1.29 is 18.3 Å². The first kappa shape index (κ1) is 15.3. The van der Waals surface area contributed by atoms with E-state index < -0.39 is 6.61 Å². The van der Waals surface area contributed by atoms with Crippen molar-refractivity contribution >= 4 is 5.91 Å². The first-order valence-electron chi connectivity index (χ1n) is 7.88. The maximum absolute atomic E-state index is 12.3. The first-order valence-corrected chi connectivity index (χ1v) is 7.88. The van der Waals surface area contributed by atoms with Crippen molar-refractivity contribution in [2.45, 2.75) is 45.3 Å². The monoisotopic (exact) mass is 309 g/mol. The van der Waals surface area contributed by atoms with Crippen LogP contribution in [0, 0.1) is 17.8 Å². The Morgan fingerprint density at radius 3 is 2.50 bits per heavy atom. The van der Waals surface area contributed by atoms with Gasteiger partial charge in [-0.1, -0.05) is 6.42 Å². The number of rotatable bonds is 5. The lowest BCUT2D eigenvalue weighted by molar-refractivity contribution is -0.0498. The standard InChI is InChI=1S/C17H21F2NO2/c1-10(15-9-11-2-3-13(15)8-11)20-16(21)12-4-6-14(7-5-12)22-17(18)19/h4-7,10-11,13,15,17H,2-3,8-9H2,1H3,(H,20,21). The summed E-state index contributed by atoms with van der Waals surface area (Å²) in [5.74, 6) is 2.08. The fourth-order valence-electron chi connectivity index (χ4n) is 4.09. The average molecular weight is 309 g/mol.